The predicted octanol–water partition coefficient (Wildman–Crippen LogP) is 5.63. The lowest BCUT2D eigenvalue weighted by atomic mass is 9.96. The van der Waals surface area contributed by atoms with E-state index < -0.39 is 0 Å². The van der Waals surface area contributed by atoms with Crippen LogP contribution in [0, 0.1) is 0 Å². The fraction of sp³-hybridized carbons (Fsp3) is 0.174. The van der Waals surface area contributed by atoms with Crippen LogP contribution in [0.15, 0.2) is 59.0 Å². The van der Waals surface area contributed by atoms with Crippen molar-refractivity contribution < 1.29 is 14.6 Å². The quantitative estimate of drug-likeness (QED) is 0.314. The second-order valence-electron chi connectivity index (χ2n) is 6.70. The summed E-state index contributed by atoms with van der Waals surface area (Å²) in [7, 11) is 1.59. The number of phenolic OH excluding ortho intramolecular Hbond substituents is 1. The van der Waals surface area contributed by atoms with Gasteiger partial charge in [0, 0.05) is 28.9 Å². The third-order valence-corrected chi connectivity index (χ3v) is 5.03. The molecule has 1 heterocycles. The summed E-state index contributed by atoms with van der Waals surface area (Å²) in [5.74, 6) is 0.909. The second kappa shape index (κ2) is 9.30. The molecule has 0 amide bonds. The van der Waals surface area contributed by atoms with Crippen LogP contribution in [-0.4, -0.2) is 29.2 Å². The van der Waals surface area contributed by atoms with Crippen molar-refractivity contribution >= 4 is 34.5 Å². The molecule has 0 aliphatic rings. The van der Waals surface area contributed by atoms with Crippen LogP contribution in [0.1, 0.15) is 46.8 Å². The van der Waals surface area contributed by atoms with Gasteiger partial charge in [0.2, 0.25) is 5.13 Å². The average molecular weight is 407 g/mol. The van der Waals surface area contributed by atoms with Gasteiger partial charge in [-0.3, -0.25) is 4.79 Å². The summed E-state index contributed by atoms with van der Waals surface area (Å²) in [4.78, 5) is 20.9. The minimum atomic E-state index is -0.107. The molecule has 0 saturated carbocycles. The predicted molar refractivity (Wildman–Crippen MR) is 118 cm³/mol. The topological polar surface area (TPSA) is 71.8 Å². The Bertz CT molecular complexity index is 1040. The largest absolute Gasteiger partial charge is 0.507 e. The maximum Gasteiger partial charge on any atom is 0.209 e. The van der Waals surface area contributed by atoms with E-state index in [4.69, 9.17) is 4.74 Å². The monoisotopic (exact) mass is 406 g/mol. The molecule has 0 radical (unpaired) electrons. The lowest BCUT2D eigenvalue weighted by Gasteiger charge is -2.12. The number of allylic oxidation sites excluding steroid dienone is 1. The number of thiazole rings is 1. The van der Waals surface area contributed by atoms with Gasteiger partial charge in [0.05, 0.1) is 7.11 Å². The van der Waals surface area contributed by atoms with Crippen LogP contribution in [0.5, 0.6) is 11.5 Å². The smallest absolute Gasteiger partial charge is 0.209 e. The third-order valence-electron chi connectivity index (χ3n) is 4.35. The first-order chi connectivity index (χ1) is 14.0. The van der Waals surface area contributed by atoms with E-state index in [1.165, 1.54) is 17.4 Å². The molecule has 0 bridgehead atoms. The molecule has 1 N–H and O–H groups in total. The molecule has 1 aromatic heterocycles. The Hall–Kier alpha value is -3.25. The first kappa shape index (κ1) is 20.5. The molecular weight excluding hydrogens is 384 g/mol. The maximum atomic E-state index is 12.5. The van der Waals surface area contributed by atoms with Gasteiger partial charge in [-0.15, -0.1) is 11.3 Å². The van der Waals surface area contributed by atoms with Gasteiger partial charge in [-0.05, 0) is 59.5 Å². The maximum absolute atomic E-state index is 12.5. The van der Waals surface area contributed by atoms with Crippen molar-refractivity contribution in [2.45, 2.75) is 19.8 Å². The van der Waals surface area contributed by atoms with Gasteiger partial charge in [0.15, 0.2) is 5.78 Å². The fourth-order valence-corrected chi connectivity index (χ4v) is 3.25. The van der Waals surface area contributed by atoms with Crippen molar-refractivity contribution in [2.75, 3.05) is 7.11 Å². The van der Waals surface area contributed by atoms with E-state index in [0.717, 1.165) is 11.1 Å². The highest BCUT2D eigenvalue weighted by Crippen LogP contribution is 2.31. The van der Waals surface area contributed by atoms with Crippen LogP contribution < -0.4 is 4.74 Å². The van der Waals surface area contributed by atoms with Crippen LogP contribution in [0.4, 0.5) is 5.13 Å². The molecule has 0 unspecified atom stereocenters. The Labute approximate surface area is 174 Å². The van der Waals surface area contributed by atoms with Gasteiger partial charge in [-0.25, -0.2) is 9.98 Å². The van der Waals surface area contributed by atoms with Crippen molar-refractivity contribution in [1.29, 1.82) is 0 Å². The Morgan fingerprint density at radius 2 is 2.00 bits per heavy atom. The number of nitrogens with zero attached hydrogens (tertiary/aromatic N) is 2. The molecule has 0 aliphatic heterocycles. The summed E-state index contributed by atoms with van der Waals surface area (Å²) < 4.78 is 5.12. The fourth-order valence-electron chi connectivity index (χ4n) is 2.77. The summed E-state index contributed by atoms with van der Waals surface area (Å²) in [6, 6.07) is 10.7. The van der Waals surface area contributed by atoms with Gasteiger partial charge in [0.1, 0.15) is 11.5 Å². The standard InChI is InChI=1S/C23H22N2O3S/c1-15(2)20-13-16(4-9-21(26)17-5-7-19(28-3)8-6-17)12-18(22(20)27)14-25-23-24-10-11-29-23/h4-15,27H,1-3H3/b9-4+,25-14?. The highest BCUT2D eigenvalue weighted by atomic mass is 32.1. The number of aromatic hydroxyl groups is 1. The number of hydrogen-bond acceptors (Lipinski definition) is 6. The van der Waals surface area contributed by atoms with Crippen molar-refractivity contribution in [2.24, 2.45) is 4.99 Å². The number of hydrogen-bond donors (Lipinski definition) is 1. The number of carbonyl (C=O) groups excluding carboxylic acids is 1. The molecular formula is C23H22N2O3S. The number of carbonyl (C=O) groups is 1. The summed E-state index contributed by atoms with van der Waals surface area (Å²) in [6.07, 6.45) is 6.56. The molecule has 0 saturated heterocycles. The van der Waals surface area contributed by atoms with Crippen molar-refractivity contribution in [3.63, 3.8) is 0 Å². The zero-order valence-corrected chi connectivity index (χ0v) is 17.3. The number of aromatic nitrogens is 1. The van der Waals surface area contributed by atoms with Crippen LogP contribution >= 0.6 is 11.3 Å². The van der Waals surface area contributed by atoms with Crippen molar-refractivity contribution in [1.82, 2.24) is 4.98 Å². The Balaban J connectivity index is 1.89. The van der Waals surface area contributed by atoms with E-state index in [1.54, 1.807) is 55.9 Å². The summed E-state index contributed by atoms with van der Waals surface area (Å²) in [5.41, 5.74) is 2.77. The zero-order chi connectivity index (χ0) is 20.8. The molecule has 6 heteroatoms. The SMILES string of the molecule is COc1ccc(C(=O)/C=C/c2cc(C=Nc3nccs3)c(O)c(C(C)C)c2)cc1. The van der Waals surface area contributed by atoms with Crippen LogP contribution in [0.3, 0.4) is 0 Å². The Morgan fingerprint density at radius 1 is 1.24 bits per heavy atom. The van der Waals surface area contributed by atoms with Crippen molar-refractivity contribution in [3.05, 3.63) is 76.3 Å². The molecule has 3 aromatic rings. The molecule has 5 nitrogen and oxygen atoms in total. The number of methoxy groups -OCH3 is 1. The Morgan fingerprint density at radius 3 is 2.62 bits per heavy atom. The van der Waals surface area contributed by atoms with E-state index in [1.807, 2.05) is 25.3 Å². The Kier molecular flexibility index (Phi) is 6.57. The van der Waals surface area contributed by atoms with E-state index in [9.17, 15) is 9.90 Å². The molecule has 0 fully saturated rings. The number of benzene rings is 2. The van der Waals surface area contributed by atoms with Crippen LogP contribution in [-0.2, 0) is 0 Å². The lowest BCUT2D eigenvalue weighted by Crippen LogP contribution is -1.96. The molecule has 0 spiro atoms. The van der Waals surface area contributed by atoms with E-state index >= 15 is 0 Å². The van der Waals surface area contributed by atoms with E-state index in [0.29, 0.717) is 22.0 Å². The van der Waals surface area contributed by atoms with Gasteiger partial charge in [0.25, 0.3) is 0 Å². The van der Waals surface area contributed by atoms with Gasteiger partial charge in [-0.2, -0.15) is 0 Å². The summed E-state index contributed by atoms with van der Waals surface area (Å²) in [5, 5.41) is 13.1. The minimum Gasteiger partial charge on any atom is -0.507 e. The van der Waals surface area contributed by atoms with Crippen molar-refractivity contribution in [3.8, 4) is 11.5 Å². The molecule has 3 rings (SSSR count). The first-order valence-electron chi connectivity index (χ1n) is 9.15. The summed E-state index contributed by atoms with van der Waals surface area (Å²) >= 11 is 1.42. The number of ether oxygens (including phenoxy) is 1. The number of ketones is 1. The van der Waals surface area contributed by atoms with Crippen LogP contribution in [0.25, 0.3) is 6.08 Å². The van der Waals surface area contributed by atoms with Gasteiger partial charge >= 0.3 is 0 Å². The highest BCUT2D eigenvalue weighted by molar-refractivity contribution is 7.13. The lowest BCUT2D eigenvalue weighted by molar-refractivity contribution is 0.104. The molecule has 29 heavy (non-hydrogen) atoms. The minimum absolute atomic E-state index is 0.107. The average Bonchev–Trinajstić information content (AvgIpc) is 3.25. The third kappa shape index (κ3) is 5.18. The molecule has 0 atom stereocenters. The number of aliphatic imine (C=N–C) groups is 1. The number of phenols is 1. The van der Waals surface area contributed by atoms with E-state index in [-0.39, 0.29) is 17.5 Å². The zero-order valence-electron chi connectivity index (χ0n) is 16.5. The molecule has 148 valence electrons. The normalized spacial score (nSPS) is 11.6. The van der Waals surface area contributed by atoms with E-state index in [2.05, 4.69) is 9.98 Å². The van der Waals surface area contributed by atoms with Gasteiger partial charge in [-0.1, -0.05) is 19.9 Å². The second-order valence-corrected chi connectivity index (χ2v) is 7.57. The first-order valence-corrected chi connectivity index (χ1v) is 10.0. The molecule has 2 aromatic carbocycles. The van der Waals surface area contributed by atoms with Gasteiger partial charge < -0.3 is 9.84 Å². The molecule has 0 aliphatic carbocycles. The highest BCUT2D eigenvalue weighted by Gasteiger charge is 2.12. The van der Waals surface area contributed by atoms with Crippen LogP contribution in [0.2, 0.25) is 0 Å². The summed E-state index contributed by atoms with van der Waals surface area (Å²) in [6.45, 7) is 4.01. The number of rotatable bonds is 7.